The molecule has 2 heterocycles. The molecule has 0 aliphatic heterocycles. The van der Waals surface area contributed by atoms with Crippen LogP contribution in [0, 0.1) is 17.2 Å². The maximum Gasteiger partial charge on any atom is 0.270 e. The number of nitrogens with one attached hydrogen (secondary N) is 1. The summed E-state index contributed by atoms with van der Waals surface area (Å²) in [5.74, 6) is -0.00683. The number of hydrogen-bond acceptors (Lipinski definition) is 3. The van der Waals surface area contributed by atoms with Gasteiger partial charge < -0.3 is 5.32 Å². The Morgan fingerprint density at radius 3 is 2.65 bits per heavy atom. The Bertz CT molecular complexity index is 1450. The van der Waals surface area contributed by atoms with Gasteiger partial charge in [-0.15, -0.1) is 0 Å². The average Bonchev–Trinajstić information content (AvgIpc) is 3.47. The molecule has 186 valence electrons. The third kappa shape index (κ3) is 4.37. The van der Waals surface area contributed by atoms with Crippen molar-refractivity contribution in [3.8, 4) is 5.69 Å². The third-order valence-electron chi connectivity index (χ3n) is 8.15. The van der Waals surface area contributed by atoms with Gasteiger partial charge in [0.05, 0.1) is 23.6 Å². The summed E-state index contributed by atoms with van der Waals surface area (Å²) in [6.07, 6.45) is 9.72. The zero-order valence-corrected chi connectivity index (χ0v) is 20.8. The SMILES string of the molecule is C[C@]12Cc3cnn(-c4ccc(F)cc4)c3C=C1CC[C@@H]2CC(NC(=O)c1ccccn1)c1ccccc1. The number of carbonyl (C=O) groups excluding carboxylic acids is 1. The molecule has 1 N–H and O–H groups in total. The number of nitrogens with zero attached hydrogens (tertiary/aromatic N) is 3. The van der Waals surface area contributed by atoms with E-state index in [1.165, 1.54) is 23.3 Å². The number of hydrogen-bond donors (Lipinski definition) is 1. The molecular formula is C31H29FN4O. The number of amides is 1. The highest BCUT2D eigenvalue weighted by atomic mass is 19.1. The van der Waals surface area contributed by atoms with Gasteiger partial charge in [0.15, 0.2) is 0 Å². The molecule has 0 saturated heterocycles. The highest BCUT2D eigenvalue weighted by molar-refractivity contribution is 5.92. The van der Waals surface area contributed by atoms with Crippen molar-refractivity contribution in [2.45, 2.75) is 38.6 Å². The molecule has 0 radical (unpaired) electrons. The minimum atomic E-state index is -0.252. The molecule has 37 heavy (non-hydrogen) atoms. The summed E-state index contributed by atoms with van der Waals surface area (Å²) in [5, 5.41) is 7.92. The van der Waals surface area contributed by atoms with Crippen molar-refractivity contribution >= 4 is 12.0 Å². The summed E-state index contributed by atoms with van der Waals surface area (Å²) in [4.78, 5) is 17.3. The van der Waals surface area contributed by atoms with Crippen molar-refractivity contribution < 1.29 is 9.18 Å². The van der Waals surface area contributed by atoms with Crippen molar-refractivity contribution in [3.05, 3.63) is 119 Å². The second-order valence-electron chi connectivity index (χ2n) is 10.3. The summed E-state index contributed by atoms with van der Waals surface area (Å²) in [5.41, 5.74) is 6.10. The largest absolute Gasteiger partial charge is 0.344 e. The number of halogens is 1. The van der Waals surface area contributed by atoms with Gasteiger partial charge in [-0.25, -0.2) is 9.07 Å². The molecule has 1 unspecified atom stereocenters. The first-order valence-corrected chi connectivity index (χ1v) is 12.8. The summed E-state index contributed by atoms with van der Waals surface area (Å²) < 4.78 is 15.4. The molecule has 2 aromatic carbocycles. The second-order valence-corrected chi connectivity index (χ2v) is 10.3. The summed E-state index contributed by atoms with van der Waals surface area (Å²) in [6.45, 7) is 2.36. The lowest BCUT2D eigenvalue weighted by atomic mass is 9.68. The van der Waals surface area contributed by atoms with Crippen LogP contribution in [0.5, 0.6) is 0 Å². The van der Waals surface area contributed by atoms with E-state index >= 15 is 0 Å². The van der Waals surface area contributed by atoms with Crippen LogP contribution in [-0.4, -0.2) is 20.7 Å². The van der Waals surface area contributed by atoms with Gasteiger partial charge >= 0.3 is 0 Å². The van der Waals surface area contributed by atoms with Gasteiger partial charge in [-0.2, -0.15) is 5.10 Å². The predicted octanol–water partition coefficient (Wildman–Crippen LogP) is 6.32. The lowest BCUT2D eigenvalue weighted by molar-refractivity contribution is 0.0918. The molecule has 6 heteroatoms. The first-order valence-electron chi connectivity index (χ1n) is 12.8. The van der Waals surface area contributed by atoms with Crippen LogP contribution in [0.25, 0.3) is 11.8 Å². The fourth-order valence-corrected chi connectivity index (χ4v) is 6.08. The van der Waals surface area contributed by atoms with Crippen LogP contribution >= 0.6 is 0 Å². The van der Waals surface area contributed by atoms with Crippen molar-refractivity contribution in [1.82, 2.24) is 20.1 Å². The van der Waals surface area contributed by atoms with E-state index < -0.39 is 0 Å². The topological polar surface area (TPSA) is 59.8 Å². The molecule has 1 fully saturated rings. The maximum absolute atomic E-state index is 13.5. The molecule has 5 nitrogen and oxygen atoms in total. The van der Waals surface area contributed by atoms with Crippen LogP contribution in [-0.2, 0) is 6.42 Å². The van der Waals surface area contributed by atoms with E-state index in [0.717, 1.165) is 42.6 Å². The highest BCUT2D eigenvalue weighted by Gasteiger charge is 2.46. The van der Waals surface area contributed by atoms with Gasteiger partial charge in [0.1, 0.15) is 11.5 Å². The first kappa shape index (κ1) is 23.3. The van der Waals surface area contributed by atoms with Gasteiger partial charge in [0.2, 0.25) is 0 Å². The highest BCUT2D eigenvalue weighted by Crippen LogP contribution is 2.55. The molecule has 2 aliphatic rings. The Morgan fingerprint density at radius 2 is 1.89 bits per heavy atom. The number of allylic oxidation sites excluding steroid dienone is 1. The van der Waals surface area contributed by atoms with Crippen LogP contribution in [0.2, 0.25) is 0 Å². The van der Waals surface area contributed by atoms with E-state index in [0.29, 0.717) is 11.6 Å². The van der Waals surface area contributed by atoms with Gasteiger partial charge in [-0.3, -0.25) is 9.78 Å². The number of aromatic nitrogens is 3. The molecule has 2 aliphatic carbocycles. The lowest BCUT2D eigenvalue weighted by Gasteiger charge is -2.37. The van der Waals surface area contributed by atoms with Crippen LogP contribution < -0.4 is 5.32 Å². The van der Waals surface area contributed by atoms with E-state index in [2.05, 4.69) is 40.5 Å². The molecule has 3 atom stereocenters. The smallest absolute Gasteiger partial charge is 0.270 e. The van der Waals surface area contributed by atoms with Gasteiger partial charge in [-0.1, -0.05) is 48.9 Å². The standard InChI is InChI=1S/C31H29FN4O/c1-31-19-22-20-34-36(26-14-12-25(32)13-15-26)29(22)18-24(31)11-10-23(31)17-28(21-7-3-2-4-8-21)35-30(37)27-9-5-6-16-33-27/h2-9,12-16,18,20,23,28H,10-11,17,19H2,1H3,(H,35,37)/t23-,28?,31-/m1/s1. The van der Waals surface area contributed by atoms with Crippen LogP contribution in [0.4, 0.5) is 4.39 Å². The third-order valence-corrected chi connectivity index (χ3v) is 8.15. The second kappa shape index (κ2) is 9.43. The van der Waals surface area contributed by atoms with E-state index in [-0.39, 0.29) is 23.2 Å². The minimum Gasteiger partial charge on any atom is -0.344 e. The average molecular weight is 493 g/mol. The molecule has 0 bridgehead atoms. The van der Waals surface area contributed by atoms with Crippen molar-refractivity contribution in [3.63, 3.8) is 0 Å². The van der Waals surface area contributed by atoms with Crippen LogP contribution in [0.15, 0.2) is 90.8 Å². The van der Waals surface area contributed by atoms with Crippen molar-refractivity contribution in [2.75, 3.05) is 0 Å². The quantitative estimate of drug-likeness (QED) is 0.342. The zero-order chi connectivity index (χ0) is 25.4. The van der Waals surface area contributed by atoms with E-state index in [9.17, 15) is 9.18 Å². The Labute approximate surface area is 216 Å². The summed E-state index contributed by atoms with van der Waals surface area (Å²) >= 11 is 0. The number of carbonyl (C=O) groups is 1. The maximum atomic E-state index is 13.5. The lowest BCUT2D eigenvalue weighted by Crippen LogP contribution is -2.35. The number of fused-ring (bicyclic) bond motifs is 2. The predicted molar refractivity (Wildman–Crippen MR) is 142 cm³/mol. The Kier molecular flexibility index (Phi) is 5.95. The van der Waals surface area contributed by atoms with E-state index in [1.54, 1.807) is 24.4 Å². The van der Waals surface area contributed by atoms with Crippen molar-refractivity contribution in [2.24, 2.45) is 11.3 Å². The molecule has 6 rings (SSSR count). The molecular weight excluding hydrogens is 463 g/mol. The monoisotopic (exact) mass is 492 g/mol. The first-order chi connectivity index (χ1) is 18.0. The molecule has 1 amide bonds. The number of benzene rings is 2. The van der Waals surface area contributed by atoms with Gasteiger partial charge in [-0.05, 0) is 90.6 Å². The fraction of sp³-hybridized carbons (Fsp3) is 0.258. The molecule has 4 aromatic rings. The van der Waals surface area contributed by atoms with Gasteiger partial charge in [0.25, 0.3) is 5.91 Å². The summed E-state index contributed by atoms with van der Waals surface area (Å²) in [7, 11) is 0. The fourth-order valence-electron chi connectivity index (χ4n) is 6.08. The molecule has 2 aromatic heterocycles. The van der Waals surface area contributed by atoms with E-state index in [4.69, 9.17) is 0 Å². The normalized spacial score (nSPS) is 21.0. The van der Waals surface area contributed by atoms with Gasteiger partial charge in [0, 0.05) is 6.20 Å². The van der Waals surface area contributed by atoms with Crippen molar-refractivity contribution in [1.29, 1.82) is 0 Å². The number of pyridine rings is 1. The number of rotatable bonds is 6. The van der Waals surface area contributed by atoms with E-state index in [1.807, 2.05) is 41.2 Å². The zero-order valence-electron chi connectivity index (χ0n) is 20.8. The summed E-state index contributed by atoms with van der Waals surface area (Å²) in [6, 6.07) is 22.0. The Balaban J connectivity index is 1.27. The Hall–Kier alpha value is -4.06. The Morgan fingerprint density at radius 1 is 1.11 bits per heavy atom. The minimum absolute atomic E-state index is 0.00753. The molecule has 0 spiro atoms. The van der Waals surface area contributed by atoms with Crippen LogP contribution in [0.3, 0.4) is 0 Å². The molecule has 1 saturated carbocycles. The van der Waals surface area contributed by atoms with Crippen LogP contribution in [0.1, 0.15) is 59.5 Å².